The number of pyridine rings is 1. The zero-order valence-corrected chi connectivity index (χ0v) is 12.6. The molecule has 0 aliphatic rings. The van der Waals surface area contributed by atoms with Gasteiger partial charge in [0.05, 0.1) is 16.3 Å². The third-order valence-electron chi connectivity index (χ3n) is 2.80. The van der Waals surface area contributed by atoms with E-state index in [9.17, 15) is 8.42 Å². The molecular weight excluding hydrogens is 298 g/mol. The van der Waals surface area contributed by atoms with Gasteiger partial charge in [0, 0.05) is 5.69 Å². The fourth-order valence-electron chi connectivity index (χ4n) is 1.74. The second kappa shape index (κ2) is 5.30. The smallest absolute Gasteiger partial charge is 0.262 e. The monoisotopic (exact) mass is 311 g/mol. The van der Waals surface area contributed by atoms with Crippen molar-refractivity contribution in [2.75, 3.05) is 10.5 Å². The van der Waals surface area contributed by atoms with Crippen molar-refractivity contribution in [2.45, 2.75) is 18.7 Å². The topological polar surface area (TPSA) is 85.1 Å². The fourth-order valence-corrected chi connectivity index (χ4v) is 3.33. The van der Waals surface area contributed by atoms with E-state index in [0.717, 1.165) is 0 Å². The Balaban J connectivity index is 2.43. The van der Waals surface area contributed by atoms with E-state index < -0.39 is 10.0 Å². The number of benzene rings is 1. The molecule has 2 aromatic rings. The normalized spacial score (nSPS) is 11.3. The van der Waals surface area contributed by atoms with Gasteiger partial charge in [-0.2, -0.15) is 0 Å². The minimum absolute atomic E-state index is 0.145. The lowest BCUT2D eigenvalue weighted by atomic mass is 10.2. The van der Waals surface area contributed by atoms with Crippen LogP contribution in [0, 0.1) is 13.8 Å². The van der Waals surface area contributed by atoms with Crippen LogP contribution < -0.4 is 10.5 Å². The van der Waals surface area contributed by atoms with Crippen LogP contribution in [0.2, 0.25) is 5.15 Å². The molecule has 0 radical (unpaired) electrons. The molecule has 0 bridgehead atoms. The highest BCUT2D eigenvalue weighted by Gasteiger charge is 2.18. The van der Waals surface area contributed by atoms with Gasteiger partial charge in [-0.15, -0.1) is 0 Å². The van der Waals surface area contributed by atoms with Crippen LogP contribution in [0.25, 0.3) is 0 Å². The number of sulfonamides is 1. The SMILES string of the molecule is Cc1ccc(N)cc1S(=O)(=O)Nc1ccc(Cl)nc1C. The Kier molecular flexibility index (Phi) is 3.87. The molecule has 7 heteroatoms. The van der Waals surface area contributed by atoms with Crippen molar-refractivity contribution in [3.05, 3.63) is 46.7 Å². The van der Waals surface area contributed by atoms with Crippen molar-refractivity contribution >= 4 is 33.0 Å². The number of hydrogen-bond acceptors (Lipinski definition) is 4. The van der Waals surface area contributed by atoms with E-state index in [0.29, 0.717) is 27.8 Å². The number of aryl methyl sites for hydroxylation is 2. The van der Waals surface area contributed by atoms with Gasteiger partial charge in [-0.25, -0.2) is 13.4 Å². The molecule has 20 heavy (non-hydrogen) atoms. The quantitative estimate of drug-likeness (QED) is 0.674. The number of anilines is 2. The van der Waals surface area contributed by atoms with Crippen molar-refractivity contribution in [1.29, 1.82) is 0 Å². The van der Waals surface area contributed by atoms with Crippen LogP contribution in [0.3, 0.4) is 0 Å². The number of hydrogen-bond donors (Lipinski definition) is 2. The number of nitrogen functional groups attached to an aromatic ring is 1. The van der Waals surface area contributed by atoms with E-state index in [1.54, 1.807) is 32.0 Å². The molecule has 0 saturated heterocycles. The summed E-state index contributed by atoms with van der Waals surface area (Å²) in [5.74, 6) is 0. The van der Waals surface area contributed by atoms with Crippen molar-refractivity contribution in [3.63, 3.8) is 0 Å². The number of halogens is 1. The summed E-state index contributed by atoms with van der Waals surface area (Å²) in [7, 11) is -3.71. The highest BCUT2D eigenvalue weighted by Crippen LogP contribution is 2.23. The fraction of sp³-hybridized carbons (Fsp3) is 0.154. The number of nitrogens with one attached hydrogen (secondary N) is 1. The Morgan fingerprint density at radius 1 is 1.20 bits per heavy atom. The lowest BCUT2D eigenvalue weighted by Gasteiger charge is -2.12. The molecule has 1 aromatic carbocycles. The summed E-state index contributed by atoms with van der Waals surface area (Å²) in [6.07, 6.45) is 0. The van der Waals surface area contributed by atoms with Crippen molar-refractivity contribution in [2.24, 2.45) is 0 Å². The molecule has 5 nitrogen and oxygen atoms in total. The molecule has 106 valence electrons. The van der Waals surface area contributed by atoms with E-state index in [1.807, 2.05) is 0 Å². The van der Waals surface area contributed by atoms with Gasteiger partial charge in [-0.1, -0.05) is 17.7 Å². The molecule has 0 fully saturated rings. The second-order valence-electron chi connectivity index (χ2n) is 4.40. The lowest BCUT2D eigenvalue weighted by molar-refractivity contribution is 0.600. The van der Waals surface area contributed by atoms with Gasteiger partial charge >= 0.3 is 0 Å². The Morgan fingerprint density at radius 3 is 2.55 bits per heavy atom. The minimum atomic E-state index is -3.71. The maximum absolute atomic E-state index is 12.4. The van der Waals surface area contributed by atoms with Crippen LogP contribution >= 0.6 is 11.6 Å². The predicted octanol–water partition coefficient (Wildman–Crippen LogP) is 2.73. The van der Waals surface area contributed by atoms with Crippen LogP contribution in [0.4, 0.5) is 11.4 Å². The molecule has 0 spiro atoms. The number of rotatable bonds is 3. The summed E-state index contributed by atoms with van der Waals surface area (Å²) < 4.78 is 27.3. The molecule has 0 atom stereocenters. The van der Waals surface area contributed by atoms with Gasteiger partial charge in [-0.3, -0.25) is 4.72 Å². The summed E-state index contributed by atoms with van der Waals surface area (Å²) in [5, 5.41) is 0.311. The molecule has 3 N–H and O–H groups in total. The molecular formula is C13H14ClN3O2S. The Hall–Kier alpha value is -1.79. The molecule has 0 amide bonds. The van der Waals surface area contributed by atoms with Crippen LogP contribution in [0.1, 0.15) is 11.3 Å². The second-order valence-corrected chi connectivity index (χ2v) is 6.44. The number of aromatic nitrogens is 1. The standard InChI is InChI=1S/C13H14ClN3O2S/c1-8-3-4-10(15)7-12(8)20(18,19)17-11-5-6-13(14)16-9(11)2/h3-7,17H,15H2,1-2H3. The minimum Gasteiger partial charge on any atom is -0.399 e. The van der Waals surface area contributed by atoms with Gasteiger partial charge < -0.3 is 5.73 Å². The first-order valence-corrected chi connectivity index (χ1v) is 7.68. The van der Waals surface area contributed by atoms with Crippen LogP contribution in [0.15, 0.2) is 35.2 Å². The number of nitrogens with two attached hydrogens (primary N) is 1. The highest BCUT2D eigenvalue weighted by molar-refractivity contribution is 7.92. The zero-order valence-electron chi connectivity index (χ0n) is 11.0. The van der Waals surface area contributed by atoms with E-state index in [4.69, 9.17) is 17.3 Å². The molecule has 0 aliphatic heterocycles. The van der Waals surface area contributed by atoms with Gasteiger partial charge in [0.2, 0.25) is 0 Å². The summed E-state index contributed by atoms with van der Waals surface area (Å²) >= 11 is 5.75. The lowest BCUT2D eigenvalue weighted by Crippen LogP contribution is -2.15. The molecule has 0 unspecified atom stereocenters. The van der Waals surface area contributed by atoms with Crippen molar-refractivity contribution in [3.8, 4) is 0 Å². The first-order valence-electron chi connectivity index (χ1n) is 5.82. The van der Waals surface area contributed by atoms with E-state index >= 15 is 0 Å². The van der Waals surface area contributed by atoms with Gasteiger partial charge in [0.25, 0.3) is 10.0 Å². The summed E-state index contributed by atoms with van der Waals surface area (Å²) in [6.45, 7) is 3.39. The Labute approximate surface area is 122 Å². The van der Waals surface area contributed by atoms with Crippen LogP contribution in [-0.2, 0) is 10.0 Å². The summed E-state index contributed by atoms with van der Waals surface area (Å²) in [4.78, 5) is 4.15. The molecule has 1 aromatic heterocycles. The molecule has 0 saturated carbocycles. The van der Waals surface area contributed by atoms with E-state index in [-0.39, 0.29) is 4.90 Å². The largest absolute Gasteiger partial charge is 0.399 e. The average molecular weight is 312 g/mol. The van der Waals surface area contributed by atoms with Gasteiger partial charge in [0.15, 0.2) is 0 Å². The summed E-state index contributed by atoms with van der Waals surface area (Å²) in [5.41, 5.74) is 7.54. The summed E-state index contributed by atoms with van der Waals surface area (Å²) in [6, 6.07) is 7.85. The predicted molar refractivity (Wildman–Crippen MR) is 80.4 cm³/mol. The Bertz CT molecular complexity index is 760. The molecule has 0 aliphatic carbocycles. The first-order chi connectivity index (χ1) is 9.29. The molecule has 2 rings (SSSR count). The highest BCUT2D eigenvalue weighted by atomic mass is 35.5. The van der Waals surface area contributed by atoms with Gasteiger partial charge in [0.1, 0.15) is 5.15 Å². The van der Waals surface area contributed by atoms with Gasteiger partial charge in [-0.05, 0) is 43.7 Å². The van der Waals surface area contributed by atoms with Crippen LogP contribution in [-0.4, -0.2) is 13.4 Å². The van der Waals surface area contributed by atoms with Crippen molar-refractivity contribution < 1.29 is 8.42 Å². The number of nitrogens with zero attached hydrogens (tertiary/aromatic N) is 1. The van der Waals surface area contributed by atoms with E-state index in [1.165, 1.54) is 12.1 Å². The third kappa shape index (κ3) is 3.02. The maximum Gasteiger partial charge on any atom is 0.262 e. The molecule has 1 heterocycles. The Morgan fingerprint density at radius 2 is 1.90 bits per heavy atom. The first kappa shape index (κ1) is 14.6. The third-order valence-corrected chi connectivity index (χ3v) is 4.52. The maximum atomic E-state index is 12.4. The van der Waals surface area contributed by atoms with Crippen molar-refractivity contribution in [1.82, 2.24) is 4.98 Å². The zero-order chi connectivity index (χ0) is 14.9. The van der Waals surface area contributed by atoms with Crippen LogP contribution in [0.5, 0.6) is 0 Å². The average Bonchev–Trinajstić information content (AvgIpc) is 2.35. The van der Waals surface area contributed by atoms with E-state index in [2.05, 4.69) is 9.71 Å².